The van der Waals surface area contributed by atoms with E-state index in [9.17, 15) is 0 Å². The van der Waals surface area contributed by atoms with Gasteiger partial charge in [-0.05, 0) is 53.4 Å². The molecular formula is C23H48NO3Zr-. The average Bonchev–Trinajstić information content (AvgIpc) is 2.97. The molecule has 4 nitrogen and oxygen atoms in total. The van der Waals surface area contributed by atoms with Crippen LogP contribution in [0.15, 0.2) is 6.07 Å². The van der Waals surface area contributed by atoms with E-state index in [2.05, 4.69) is 58.7 Å². The predicted molar refractivity (Wildman–Crippen MR) is 118 cm³/mol. The van der Waals surface area contributed by atoms with Crippen molar-refractivity contribution in [2.75, 3.05) is 0 Å². The minimum atomic E-state index is -0.167. The third kappa shape index (κ3) is 22.3. The number of aromatic nitrogens is 1. The largest absolute Gasteiger partial charge is 0.454 e. The SMILES string of the molecule is CC(C)O.CC(C)O.CC(C)O.CCC(C)(C)c1[c-]cc(C(C)(C)CC)[nH]1.[Zr]. The van der Waals surface area contributed by atoms with Gasteiger partial charge in [0, 0.05) is 44.5 Å². The number of aromatic amines is 1. The zero-order chi connectivity index (χ0) is 22.4. The molecule has 0 aromatic carbocycles. The molecule has 0 aliphatic heterocycles. The Bertz CT molecular complexity index is 399. The molecule has 5 heteroatoms. The Balaban J connectivity index is -0.000000183. The molecule has 0 aliphatic rings. The molecule has 0 fully saturated rings. The van der Waals surface area contributed by atoms with Crippen LogP contribution in [-0.4, -0.2) is 38.6 Å². The summed E-state index contributed by atoms with van der Waals surface area (Å²) in [6.07, 6.45) is 1.78. The molecule has 0 spiro atoms. The van der Waals surface area contributed by atoms with E-state index < -0.39 is 0 Å². The minimum absolute atomic E-state index is 0. The van der Waals surface area contributed by atoms with Crippen LogP contribution in [0.3, 0.4) is 0 Å². The topological polar surface area (TPSA) is 76.5 Å². The molecule has 0 radical (unpaired) electrons. The van der Waals surface area contributed by atoms with Gasteiger partial charge in [0.1, 0.15) is 0 Å². The van der Waals surface area contributed by atoms with Gasteiger partial charge in [0.05, 0.1) is 0 Å². The summed E-state index contributed by atoms with van der Waals surface area (Å²) in [4.78, 5) is 3.54. The third-order valence-corrected chi connectivity index (χ3v) is 3.79. The molecular weight excluding hydrogens is 429 g/mol. The van der Waals surface area contributed by atoms with Crippen LogP contribution in [0, 0.1) is 6.07 Å². The Hall–Kier alpha value is 0.0431. The van der Waals surface area contributed by atoms with Gasteiger partial charge in [-0.2, -0.15) is 0 Å². The van der Waals surface area contributed by atoms with Gasteiger partial charge in [0.2, 0.25) is 0 Å². The first kappa shape index (κ1) is 35.5. The van der Waals surface area contributed by atoms with Crippen molar-refractivity contribution in [2.45, 2.75) is 125 Å². The molecule has 0 amide bonds. The van der Waals surface area contributed by atoms with E-state index in [-0.39, 0.29) is 55.3 Å². The first-order chi connectivity index (χ1) is 12.0. The second-order valence-corrected chi connectivity index (χ2v) is 8.96. The zero-order valence-corrected chi connectivity index (χ0v) is 23.0. The van der Waals surface area contributed by atoms with E-state index in [1.54, 1.807) is 41.5 Å². The van der Waals surface area contributed by atoms with Crippen LogP contribution in [0.5, 0.6) is 0 Å². The molecule has 0 unspecified atom stereocenters. The van der Waals surface area contributed by atoms with Crippen LogP contribution in [-0.2, 0) is 37.0 Å². The fraction of sp³-hybridized carbons (Fsp3) is 0.826. The van der Waals surface area contributed by atoms with E-state index in [0.717, 1.165) is 12.8 Å². The average molecular weight is 478 g/mol. The summed E-state index contributed by atoms with van der Waals surface area (Å²) in [5, 5.41) is 24.2. The molecule has 0 bridgehead atoms. The molecule has 1 aromatic heterocycles. The Morgan fingerprint density at radius 2 is 1.07 bits per heavy atom. The molecule has 1 heterocycles. The number of nitrogens with one attached hydrogen (secondary N) is 1. The van der Waals surface area contributed by atoms with Gasteiger partial charge in [-0.25, -0.2) is 12.1 Å². The summed E-state index contributed by atoms with van der Waals surface area (Å²) in [5.74, 6) is 0. The molecule has 0 saturated carbocycles. The Morgan fingerprint density at radius 3 is 1.32 bits per heavy atom. The van der Waals surface area contributed by atoms with E-state index in [0.29, 0.717) is 0 Å². The van der Waals surface area contributed by atoms with Crippen molar-refractivity contribution in [2.24, 2.45) is 0 Å². The minimum Gasteiger partial charge on any atom is -0.454 e. The van der Waals surface area contributed by atoms with Crippen molar-refractivity contribution in [1.82, 2.24) is 4.98 Å². The zero-order valence-electron chi connectivity index (χ0n) is 20.6. The van der Waals surface area contributed by atoms with E-state index >= 15 is 0 Å². The van der Waals surface area contributed by atoms with Gasteiger partial charge in [-0.3, -0.25) is 0 Å². The summed E-state index contributed by atoms with van der Waals surface area (Å²) in [6, 6.07) is 5.50. The van der Waals surface area contributed by atoms with Crippen molar-refractivity contribution in [3.05, 3.63) is 23.5 Å². The van der Waals surface area contributed by atoms with Gasteiger partial charge < -0.3 is 20.3 Å². The summed E-state index contributed by atoms with van der Waals surface area (Å²) in [6.45, 7) is 23.9. The molecule has 1 aromatic rings. The van der Waals surface area contributed by atoms with Crippen molar-refractivity contribution in [3.8, 4) is 0 Å². The monoisotopic (exact) mass is 476 g/mol. The molecule has 0 saturated heterocycles. The van der Waals surface area contributed by atoms with Crippen LogP contribution in [0.4, 0.5) is 0 Å². The van der Waals surface area contributed by atoms with Gasteiger partial charge >= 0.3 is 0 Å². The fourth-order valence-electron chi connectivity index (χ4n) is 1.45. The fourth-order valence-corrected chi connectivity index (χ4v) is 1.45. The second-order valence-electron chi connectivity index (χ2n) is 8.96. The van der Waals surface area contributed by atoms with E-state index in [1.807, 2.05) is 0 Å². The van der Waals surface area contributed by atoms with Gasteiger partial charge in [-0.1, -0.05) is 59.1 Å². The van der Waals surface area contributed by atoms with Gasteiger partial charge in [0.25, 0.3) is 0 Å². The molecule has 4 N–H and O–H groups in total. The summed E-state index contributed by atoms with van der Waals surface area (Å²) < 4.78 is 0. The number of aliphatic hydroxyl groups is 3. The summed E-state index contributed by atoms with van der Waals surface area (Å²) in [7, 11) is 0. The molecule has 0 aliphatic carbocycles. The molecule has 1 rings (SSSR count). The van der Waals surface area contributed by atoms with Crippen molar-refractivity contribution < 1.29 is 41.5 Å². The number of H-pyrrole nitrogens is 1. The van der Waals surface area contributed by atoms with Crippen LogP contribution in [0.25, 0.3) is 0 Å². The normalized spacial score (nSPS) is 10.9. The smallest absolute Gasteiger partial charge is 0.0483 e. The maximum absolute atomic E-state index is 8.06. The summed E-state index contributed by atoms with van der Waals surface area (Å²) >= 11 is 0. The van der Waals surface area contributed by atoms with E-state index in [1.165, 1.54) is 11.4 Å². The first-order valence-electron chi connectivity index (χ1n) is 10.2. The second kappa shape index (κ2) is 17.9. The quantitative estimate of drug-likeness (QED) is 0.442. The number of hydrogen-bond donors (Lipinski definition) is 4. The third-order valence-electron chi connectivity index (χ3n) is 3.79. The Morgan fingerprint density at radius 1 is 0.786 bits per heavy atom. The van der Waals surface area contributed by atoms with Crippen molar-refractivity contribution in [3.63, 3.8) is 0 Å². The summed E-state index contributed by atoms with van der Waals surface area (Å²) in [5.41, 5.74) is 2.99. The van der Waals surface area contributed by atoms with Crippen molar-refractivity contribution >= 4 is 0 Å². The Labute approximate surface area is 194 Å². The Kier molecular flexibility index (Phi) is 22.6. The van der Waals surface area contributed by atoms with Gasteiger partial charge in [-0.15, -0.1) is 5.69 Å². The van der Waals surface area contributed by atoms with Crippen molar-refractivity contribution in [1.29, 1.82) is 0 Å². The van der Waals surface area contributed by atoms with Gasteiger partial charge in [0.15, 0.2) is 0 Å². The van der Waals surface area contributed by atoms with Crippen LogP contribution in [0.1, 0.15) is 107 Å². The number of rotatable bonds is 4. The van der Waals surface area contributed by atoms with E-state index in [4.69, 9.17) is 15.3 Å². The standard InChI is InChI=1S/C14H24N.3C3H8O.Zr/c1-7-13(3,4)11-9-10-12(15-11)14(5,6)8-2;3*1-3(2)4;/h9,15H,7-8H2,1-6H3;3*3-4H,1-2H3;/q-1;;;;. The predicted octanol–water partition coefficient (Wildman–Crippen LogP) is 5.35. The molecule has 168 valence electrons. The maximum atomic E-state index is 8.06. The number of aliphatic hydroxyl groups excluding tert-OH is 3. The molecule has 0 atom stereocenters. The maximum Gasteiger partial charge on any atom is 0.0483 e. The van der Waals surface area contributed by atoms with Crippen LogP contribution >= 0.6 is 0 Å². The van der Waals surface area contributed by atoms with Crippen LogP contribution in [0.2, 0.25) is 0 Å². The molecule has 28 heavy (non-hydrogen) atoms. The first-order valence-corrected chi connectivity index (χ1v) is 10.2. The van der Waals surface area contributed by atoms with Crippen LogP contribution < -0.4 is 0 Å². The number of hydrogen-bond acceptors (Lipinski definition) is 3.